The number of hydrogen-bond acceptors (Lipinski definition) is 5. The highest BCUT2D eigenvalue weighted by molar-refractivity contribution is 8.00. The van der Waals surface area contributed by atoms with Crippen molar-refractivity contribution in [3.05, 3.63) is 90.1 Å². The van der Waals surface area contributed by atoms with Crippen LogP contribution in [0.25, 0.3) is 0 Å². The van der Waals surface area contributed by atoms with Crippen LogP contribution in [0.1, 0.15) is 15.9 Å². The van der Waals surface area contributed by atoms with Gasteiger partial charge in [0, 0.05) is 18.5 Å². The second kappa shape index (κ2) is 10.2. The number of nitrogens with zero attached hydrogens (tertiary/aromatic N) is 1. The predicted molar refractivity (Wildman–Crippen MR) is 116 cm³/mol. The molecule has 0 aliphatic rings. The molecule has 0 aliphatic heterocycles. The highest BCUT2D eigenvalue weighted by Crippen LogP contribution is 2.21. The summed E-state index contributed by atoms with van der Waals surface area (Å²) in [5.41, 5.74) is 1.61. The molecule has 7 heteroatoms. The number of amides is 1. The minimum Gasteiger partial charge on any atom is -0.352 e. The van der Waals surface area contributed by atoms with E-state index in [1.54, 1.807) is 48.7 Å². The summed E-state index contributed by atoms with van der Waals surface area (Å²) in [5, 5.41) is 3.44. The van der Waals surface area contributed by atoms with Gasteiger partial charge in [0.15, 0.2) is 9.84 Å². The Hall–Kier alpha value is -2.64. The first-order chi connectivity index (χ1) is 14.1. The van der Waals surface area contributed by atoms with Crippen LogP contribution in [0.4, 0.5) is 0 Å². The summed E-state index contributed by atoms with van der Waals surface area (Å²) in [6.45, 7) is 0.518. The second-order valence-electron chi connectivity index (χ2n) is 6.33. The molecule has 0 aliphatic carbocycles. The summed E-state index contributed by atoms with van der Waals surface area (Å²) < 4.78 is 24.8. The van der Waals surface area contributed by atoms with Crippen LogP contribution >= 0.6 is 11.8 Å². The maximum Gasteiger partial charge on any atom is 0.254 e. The van der Waals surface area contributed by atoms with Crippen LogP contribution in [-0.2, 0) is 16.3 Å². The fraction of sp³-hybridized carbons (Fsp3) is 0.182. The van der Waals surface area contributed by atoms with Gasteiger partial charge in [-0.2, -0.15) is 0 Å². The van der Waals surface area contributed by atoms with E-state index in [-0.39, 0.29) is 11.7 Å². The number of benzene rings is 2. The molecule has 3 rings (SSSR count). The Balaban J connectivity index is 1.56. The third-order valence-electron chi connectivity index (χ3n) is 4.25. The molecule has 0 saturated carbocycles. The summed E-state index contributed by atoms with van der Waals surface area (Å²) in [4.78, 5) is 17.1. The number of hydrogen-bond donors (Lipinski definition) is 1. The third-order valence-corrected chi connectivity index (χ3v) is 7.25. The maximum absolute atomic E-state index is 12.6. The predicted octanol–water partition coefficient (Wildman–Crippen LogP) is 3.62. The van der Waals surface area contributed by atoms with E-state index in [9.17, 15) is 13.2 Å². The van der Waals surface area contributed by atoms with Gasteiger partial charge >= 0.3 is 0 Å². The van der Waals surface area contributed by atoms with Crippen LogP contribution in [0.15, 0.2) is 88.9 Å². The molecule has 1 N–H and O–H groups in total. The Kier molecular flexibility index (Phi) is 7.43. The third kappa shape index (κ3) is 6.17. The van der Waals surface area contributed by atoms with Gasteiger partial charge in [0.2, 0.25) is 0 Å². The molecule has 1 heterocycles. The number of aromatic nitrogens is 1. The molecule has 3 aromatic rings. The zero-order valence-corrected chi connectivity index (χ0v) is 17.5. The number of sulfone groups is 1. The van der Waals surface area contributed by atoms with Crippen LogP contribution in [0.2, 0.25) is 0 Å². The normalized spacial score (nSPS) is 11.2. The van der Waals surface area contributed by atoms with Crippen LogP contribution in [-0.4, -0.2) is 37.4 Å². The van der Waals surface area contributed by atoms with Gasteiger partial charge in [-0.25, -0.2) is 13.4 Å². The maximum atomic E-state index is 12.6. The first-order valence-corrected chi connectivity index (χ1v) is 11.9. The van der Waals surface area contributed by atoms with Crippen LogP contribution < -0.4 is 5.32 Å². The molecule has 1 amide bonds. The van der Waals surface area contributed by atoms with E-state index in [2.05, 4.69) is 10.3 Å². The summed E-state index contributed by atoms with van der Waals surface area (Å²) in [6.07, 6.45) is 2.35. The summed E-state index contributed by atoms with van der Waals surface area (Å²) >= 11 is 1.28. The van der Waals surface area contributed by atoms with Gasteiger partial charge in [-0.05, 0) is 36.2 Å². The standard InChI is InChI=1S/C22H22N2O3S2/c25-21(23-15-13-18-8-3-1-4-9-18)20-12-7-14-24-22(20)28-16-17-29(26,27)19-10-5-2-6-11-19/h1-12,14H,13,15-17H2,(H,23,25). The van der Waals surface area contributed by atoms with Gasteiger partial charge in [0.25, 0.3) is 5.91 Å². The molecule has 5 nitrogen and oxygen atoms in total. The Morgan fingerprint density at radius 1 is 0.931 bits per heavy atom. The van der Waals surface area contributed by atoms with Crippen molar-refractivity contribution >= 4 is 27.5 Å². The number of carbonyl (C=O) groups is 1. The number of carbonyl (C=O) groups excluding carboxylic acids is 1. The van der Waals surface area contributed by atoms with Crippen LogP contribution in [0.5, 0.6) is 0 Å². The van der Waals surface area contributed by atoms with E-state index in [4.69, 9.17) is 0 Å². The van der Waals surface area contributed by atoms with Gasteiger partial charge in [-0.15, -0.1) is 11.8 Å². The van der Waals surface area contributed by atoms with E-state index in [1.807, 2.05) is 30.3 Å². The molecule has 1 aromatic heterocycles. The molecule has 0 bridgehead atoms. The van der Waals surface area contributed by atoms with E-state index in [0.717, 1.165) is 12.0 Å². The minimum absolute atomic E-state index is 0.0205. The number of nitrogens with one attached hydrogen (secondary N) is 1. The van der Waals surface area contributed by atoms with Gasteiger partial charge < -0.3 is 5.32 Å². The molecular formula is C22H22N2O3S2. The van der Waals surface area contributed by atoms with Crippen molar-refractivity contribution in [3.8, 4) is 0 Å². The molecule has 0 spiro atoms. The molecule has 150 valence electrons. The zero-order chi connectivity index (χ0) is 20.5. The van der Waals surface area contributed by atoms with Gasteiger partial charge in [0.05, 0.1) is 16.2 Å². The number of thioether (sulfide) groups is 1. The van der Waals surface area contributed by atoms with Crippen LogP contribution in [0.3, 0.4) is 0 Å². The van der Waals surface area contributed by atoms with Crippen molar-refractivity contribution in [3.63, 3.8) is 0 Å². The summed E-state index contributed by atoms with van der Waals surface area (Å²) in [6, 6.07) is 21.7. The van der Waals surface area contributed by atoms with E-state index < -0.39 is 9.84 Å². The molecule has 0 saturated heterocycles. The SMILES string of the molecule is O=C(NCCc1ccccc1)c1cccnc1SCCS(=O)(=O)c1ccccc1. The lowest BCUT2D eigenvalue weighted by molar-refractivity contribution is 0.0950. The number of rotatable bonds is 9. The van der Waals surface area contributed by atoms with E-state index >= 15 is 0 Å². The molecule has 29 heavy (non-hydrogen) atoms. The largest absolute Gasteiger partial charge is 0.352 e. The first kappa shape index (κ1) is 21.1. The summed E-state index contributed by atoms with van der Waals surface area (Å²) in [7, 11) is -3.36. The lowest BCUT2D eigenvalue weighted by atomic mass is 10.1. The monoisotopic (exact) mass is 426 g/mol. The van der Waals surface area contributed by atoms with E-state index in [0.29, 0.717) is 27.8 Å². The highest BCUT2D eigenvalue weighted by atomic mass is 32.2. The van der Waals surface area contributed by atoms with Crippen LogP contribution in [0, 0.1) is 0 Å². The van der Waals surface area contributed by atoms with E-state index in [1.165, 1.54) is 11.8 Å². The Labute approximate surface area is 175 Å². The highest BCUT2D eigenvalue weighted by Gasteiger charge is 2.16. The fourth-order valence-corrected chi connectivity index (χ4v) is 5.40. The van der Waals surface area contributed by atoms with Crippen molar-refractivity contribution in [1.82, 2.24) is 10.3 Å². The van der Waals surface area contributed by atoms with Gasteiger partial charge in [-0.1, -0.05) is 48.5 Å². The van der Waals surface area contributed by atoms with Crippen molar-refractivity contribution in [2.24, 2.45) is 0 Å². The topological polar surface area (TPSA) is 76.1 Å². The quantitative estimate of drug-likeness (QED) is 0.529. The van der Waals surface area contributed by atoms with Crippen molar-refractivity contribution in [2.45, 2.75) is 16.3 Å². The van der Waals surface area contributed by atoms with Crippen molar-refractivity contribution in [1.29, 1.82) is 0 Å². The van der Waals surface area contributed by atoms with Crippen molar-refractivity contribution < 1.29 is 13.2 Å². The smallest absolute Gasteiger partial charge is 0.254 e. The first-order valence-electron chi connectivity index (χ1n) is 9.24. The molecule has 0 atom stereocenters. The number of pyridine rings is 1. The second-order valence-corrected chi connectivity index (χ2v) is 9.52. The lowest BCUT2D eigenvalue weighted by Gasteiger charge is -2.09. The van der Waals surface area contributed by atoms with Gasteiger partial charge in [-0.3, -0.25) is 4.79 Å². The lowest BCUT2D eigenvalue weighted by Crippen LogP contribution is -2.26. The minimum atomic E-state index is -3.36. The van der Waals surface area contributed by atoms with Crippen molar-refractivity contribution in [2.75, 3.05) is 18.1 Å². The molecule has 0 unspecified atom stereocenters. The molecular weight excluding hydrogens is 404 g/mol. The molecule has 0 radical (unpaired) electrons. The fourth-order valence-electron chi connectivity index (χ4n) is 2.73. The Morgan fingerprint density at radius 3 is 2.34 bits per heavy atom. The van der Waals surface area contributed by atoms with Gasteiger partial charge in [0.1, 0.15) is 5.03 Å². The molecule has 0 fully saturated rings. The summed E-state index contributed by atoms with van der Waals surface area (Å²) in [5.74, 6) is 0.0914. The Bertz CT molecular complexity index is 1040. The Morgan fingerprint density at radius 2 is 1.62 bits per heavy atom. The average molecular weight is 427 g/mol. The average Bonchev–Trinajstić information content (AvgIpc) is 2.75. The zero-order valence-electron chi connectivity index (χ0n) is 15.8. The molecule has 2 aromatic carbocycles.